The number of piperidine rings is 2. The molecule has 0 aromatic rings. The number of likely N-dealkylation sites (tertiary alicyclic amines) is 1. The predicted octanol–water partition coefficient (Wildman–Crippen LogP) is 0.751. The number of amides is 1. The zero-order valence-corrected chi connectivity index (χ0v) is 8.09. The van der Waals surface area contributed by atoms with Gasteiger partial charge in [0.15, 0.2) is 0 Å². The van der Waals surface area contributed by atoms with Crippen molar-refractivity contribution in [1.29, 1.82) is 0 Å². The third kappa shape index (κ3) is 2.02. The standard InChI is InChI=1S/C10H18N2O/c13-10-9(5-4-6-11-10)12-7-2-1-3-8-12/h9H,1-8H2,(H,11,13). The fraction of sp³-hybridized carbons (Fsp3) is 0.900. The number of nitrogens with zero attached hydrogens (tertiary/aromatic N) is 1. The number of carbonyl (C=O) groups is 1. The zero-order chi connectivity index (χ0) is 9.10. The molecule has 13 heavy (non-hydrogen) atoms. The van der Waals surface area contributed by atoms with Gasteiger partial charge in [0, 0.05) is 6.54 Å². The van der Waals surface area contributed by atoms with Crippen LogP contribution in [0, 0.1) is 0 Å². The highest BCUT2D eigenvalue weighted by Gasteiger charge is 2.28. The SMILES string of the molecule is O=C1NCCCC1N1CCCCC1. The van der Waals surface area contributed by atoms with Crippen molar-refractivity contribution < 1.29 is 4.79 Å². The fourth-order valence-corrected chi connectivity index (χ4v) is 2.33. The third-order valence-electron chi connectivity index (χ3n) is 3.09. The van der Waals surface area contributed by atoms with Crippen molar-refractivity contribution in [3.05, 3.63) is 0 Å². The van der Waals surface area contributed by atoms with E-state index in [1.54, 1.807) is 0 Å². The summed E-state index contributed by atoms with van der Waals surface area (Å²) in [5, 5.41) is 2.95. The van der Waals surface area contributed by atoms with Gasteiger partial charge in [-0.3, -0.25) is 9.69 Å². The number of carbonyl (C=O) groups excluding carboxylic acids is 1. The Balaban J connectivity index is 1.92. The minimum Gasteiger partial charge on any atom is -0.355 e. The molecule has 2 aliphatic rings. The van der Waals surface area contributed by atoms with Crippen molar-refractivity contribution in [2.75, 3.05) is 19.6 Å². The number of nitrogens with one attached hydrogen (secondary N) is 1. The van der Waals surface area contributed by atoms with E-state index in [1.165, 1.54) is 19.3 Å². The average molecular weight is 182 g/mol. The summed E-state index contributed by atoms with van der Waals surface area (Å²) < 4.78 is 0. The molecule has 0 radical (unpaired) electrons. The van der Waals surface area contributed by atoms with Crippen molar-refractivity contribution in [3.8, 4) is 0 Å². The summed E-state index contributed by atoms with van der Waals surface area (Å²) in [6.45, 7) is 3.12. The van der Waals surface area contributed by atoms with E-state index in [0.29, 0.717) is 0 Å². The lowest BCUT2D eigenvalue weighted by Crippen LogP contribution is -2.51. The zero-order valence-electron chi connectivity index (χ0n) is 8.09. The van der Waals surface area contributed by atoms with Gasteiger partial charge < -0.3 is 5.32 Å². The van der Waals surface area contributed by atoms with Gasteiger partial charge >= 0.3 is 0 Å². The Bertz CT molecular complexity index is 187. The Hall–Kier alpha value is -0.570. The van der Waals surface area contributed by atoms with Crippen LogP contribution in [-0.2, 0) is 4.79 Å². The van der Waals surface area contributed by atoms with Crippen molar-refractivity contribution in [2.24, 2.45) is 0 Å². The van der Waals surface area contributed by atoms with Crippen molar-refractivity contribution in [2.45, 2.75) is 38.1 Å². The Kier molecular flexibility index (Phi) is 2.83. The molecule has 2 saturated heterocycles. The van der Waals surface area contributed by atoms with E-state index in [1.807, 2.05) is 0 Å². The summed E-state index contributed by atoms with van der Waals surface area (Å²) in [6.07, 6.45) is 6.08. The maximum atomic E-state index is 11.5. The third-order valence-corrected chi connectivity index (χ3v) is 3.09. The van der Waals surface area contributed by atoms with Crippen molar-refractivity contribution in [1.82, 2.24) is 10.2 Å². The van der Waals surface area contributed by atoms with Crippen LogP contribution in [0.4, 0.5) is 0 Å². The lowest BCUT2D eigenvalue weighted by Gasteiger charge is -2.35. The molecule has 0 aliphatic carbocycles. The van der Waals surface area contributed by atoms with Crippen molar-refractivity contribution >= 4 is 5.91 Å². The highest BCUT2D eigenvalue weighted by atomic mass is 16.2. The van der Waals surface area contributed by atoms with Gasteiger partial charge in [0.05, 0.1) is 6.04 Å². The molecule has 0 bridgehead atoms. The van der Waals surface area contributed by atoms with Gasteiger partial charge in [-0.05, 0) is 38.8 Å². The molecule has 0 aromatic carbocycles. The summed E-state index contributed by atoms with van der Waals surface area (Å²) >= 11 is 0. The number of rotatable bonds is 1. The largest absolute Gasteiger partial charge is 0.355 e. The highest BCUT2D eigenvalue weighted by Crippen LogP contribution is 2.17. The van der Waals surface area contributed by atoms with Gasteiger partial charge in [-0.15, -0.1) is 0 Å². The van der Waals surface area contributed by atoms with E-state index in [-0.39, 0.29) is 11.9 Å². The van der Waals surface area contributed by atoms with E-state index in [9.17, 15) is 4.79 Å². The van der Waals surface area contributed by atoms with Crippen LogP contribution in [0.3, 0.4) is 0 Å². The minimum atomic E-state index is 0.189. The maximum Gasteiger partial charge on any atom is 0.237 e. The molecule has 1 N–H and O–H groups in total. The number of hydrogen-bond acceptors (Lipinski definition) is 2. The molecule has 2 aliphatic heterocycles. The second kappa shape index (κ2) is 4.09. The van der Waals surface area contributed by atoms with Crippen LogP contribution >= 0.6 is 0 Å². The normalized spacial score (nSPS) is 31.4. The summed E-state index contributed by atoms with van der Waals surface area (Å²) in [5.41, 5.74) is 0. The van der Waals surface area contributed by atoms with E-state index < -0.39 is 0 Å². The first-order valence-electron chi connectivity index (χ1n) is 5.40. The van der Waals surface area contributed by atoms with E-state index in [4.69, 9.17) is 0 Å². The summed E-state index contributed by atoms with van der Waals surface area (Å²) in [4.78, 5) is 13.9. The maximum absolute atomic E-state index is 11.5. The second-order valence-corrected chi connectivity index (χ2v) is 4.05. The minimum absolute atomic E-state index is 0.189. The topological polar surface area (TPSA) is 32.3 Å². The Labute approximate surface area is 79.5 Å². The van der Waals surface area contributed by atoms with E-state index >= 15 is 0 Å². The van der Waals surface area contributed by atoms with Gasteiger partial charge in [0.25, 0.3) is 0 Å². The Morgan fingerprint density at radius 3 is 2.62 bits per heavy atom. The molecular weight excluding hydrogens is 164 g/mol. The van der Waals surface area contributed by atoms with Gasteiger partial charge in [-0.1, -0.05) is 6.42 Å². The number of hydrogen-bond donors (Lipinski definition) is 1. The first kappa shape index (κ1) is 9.00. The predicted molar refractivity (Wildman–Crippen MR) is 51.5 cm³/mol. The average Bonchev–Trinajstić information content (AvgIpc) is 2.20. The van der Waals surface area contributed by atoms with Crippen LogP contribution in [0.2, 0.25) is 0 Å². The molecule has 0 aromatic heterocycles. The van der Waals surface area contributed by atoms with Gasteiger partial charge in [0.2, 0.25) is 5.91 Å². The molecule has 2 heterocycles. The summed E-state index contributed by atoms with van der Waals surface area (Å²) in [5.74, 6) is 0.258. The Morgan fingerprint density at radius 2 is 1.92 bits per heavy atom. The van der Waals surface area contributed by atoms with Crippen LogP contribution < -0.4 is 5.32 Å². The summed E-state index contributed by atoms with van der Waals surface area (Å²) in [6, 6.07) is 0.189. The summed E-state index contributed by atoms with van der Waals surface area (Å²) in [7, 11) is 0. The van der Waals surface area contributed by atoms with E-state index in [2.05, 4.69) is 10.2 Å². The quantitative estimate of drug-likeness (QED) is 0.649. The monoisotopic (exact) mass is 182 g/mol. The molecule has 0 saturated carbocycles. The first-order chi connectivity index (χ1) is 6.38. The van der Waals surface area contributed by atoms with Crippen LogP contribution in [0.5, 0.6) is 0 Å². The van der Waals surface area contributed by atoms with Crippen LogP contribution in [0.25, 0.3) is 0 Å². The molecule has 2 fully saturated rings. The van der Waals surface area contributed by atoms with Gasteiger partial charge in [-0.25, -0.2) is 0 Å². The second-order valence-electron chi connectivity index (χ2n) is 4.05. The molecule has 1 unspecified atom stereocenters. The molecular formula is C10H18N2O. The smallest absolute Gasteiger partial charge is 0.237 e. The Morgan fingerprint density at radius 1 is 1.15 bits per heavy atom. The highest BCUT2D eigenvalue weighted by molar-refractivity contribution is 5.82. The molecule has 0 spiro atoms. The van der Waals surface area contributed by atoms with Gasteiger partial charge in [0.1, 0.15) is 0 Å². The lowest BCUT2D eigenvalue weighted by atomic mass is 10.0. The molecule has 2 rings (SSSR count). The fourth-order valence-electron chi connectivity index (χ4n) is 2.33. The molecule has 3 heteroatoms. The van der Waals surface area contributed by atoms with Crippen LogP contribution in [-0.4, -0.2) is 36.5 Å². The van der Waals surface area contributed by atoms with Gasteiger partial charge in [-0.2, -0.15) is 0 Å². The van der Waals surface area contributed by atoms with Crippen LogP contribution in [0.1, 0.15) is 32.1 Å². The molecule has 74 valence electrons. The molecule has 1 atom stereocenters. The van der Waals surface area contributed by atoms with Crippen LogP contribution in [0.15, 0.2) is 0 Å². The molecule has 1 amide bonds. The molecule has 3 nitrogen and oxygen atoms in total. The first-order valence-corrected chi connectivity index (χ1v) is 5.40. The van der Waals surface area contributed by atoms with E-state index in [0.717, 1.165) is 32.5 Å². The van der Waals surface area contributed by atoms with Crippen molar-refractivity contribution in [3.63, 3.8) is 0 Å². The lowest BCUT2D eigenvalue weighted by molar-refractivity contribution is -0.128.